The fraction of sp³-hybridized carbons (Fsp3) is 0.194. The van der Waals surface area contributed by atoms with Crippen molar-refractivity contribution in [2.75, 3.05) is 31.0 Å². The van der Waals surface area contributed by atoms with Crippen LogP contribution in [0.5, 0.6) is 5.75 Å². The van der Waals surface area contributed by atoms with Crippen LogP contribution in [0.4, 0.5) is 11.6 Å². The number of aryl methyl sites for hydroxylation is 2. The van der Waals surface area contributed by atoms with Gasteiger partial charge in [0.15, 0.2) is 22.9 Å². The number of hydrogen-bond acceptors (Lipinski definition) is 7. The molecule has 9 heteroatoms. The minimum absolute atomic E-state index is 0.0125. The second-order valence-corrected chi connectivity index (χ2v) is 10.2. The molecular weight excluding hydrogens is 508 g/mol. The number of furan rings is 1. The number of ether oxygens (including phenoxy) is 1. The van der Waals surface area contributed by atoms with Crippen molar-refractivity contribution in [1.29, 1.82) is 0 Å². The Kier molecular flexibility index (Phi) is 5.87. The summed E-state index contributed by atoms with van der Waals surface area (Å²) in [5.41, 5.74) is 5.45. The van der Waals surface area contributed by atoms with Gasteiger partial charge in [-0.05, 0) is 66.9 Å². The summed E-state index contributed by atoms with van der Waals surface area (Å²) in [5, 5.41) is 11.9. The van der Waals surface area contributed by atoms with Crippen molar-refractivity contribution in [3.8, 4) is 5.75 Å². The van der Waals surface area contributed by atoms with Crippen molar-refractivity contribution in [3.05, 3.63) is 94.4 Å². The molecule has 0 saturated heterocycles. The molecule has 1 unspecified atom stereocenters. The molecule has 202 valence electrons. The van der Waals surface area contributed by atoms with Crippen LogP contribution in [0.2, 0.25) is 0 Å². The Morgan fingerprint density at radius 3 is 2.50 bits per heavy atom. The van der Waals surface area contributed by atoms with Crippen LogP contribution in [0.3, 0.4) is 0 Å². The Labute approximate surface area is 230 Å². The molecule has 3 heterocycles. The van der Waals surface area contributed by atoms with Crippen LogP contribution >= 0.6 is 0 Å². The highest BCUT2D eigenvalue weighted by Gasteiger charge is 2.46. The lowest BCUT2D eigenvalue weighted by Gasteiger charge is -2.25. The molecule has 0 bridgehead atoms. The van der Waals surface area contributed by atoms with Crippen molar-refractivity contribution in [2.45, 2.75) is 19.9 Å². The van der Waals surface area contributed by atoms with Gasteiger partial charge in [0, 0.05) is 25.2 Å². The number of aliphatic hydroxyl groups excluding tert-OH is 1. The molecule has 0 aliphatic carbocycles. The lowest BCUT2D eigenvalue weighted by atomic mass is 9.95. The summed E-state index contributed by atoms with van der Waals surface area (Å²) in [7, 11) is 5.37. The van der Waals surface area contributed by atoms with E-state index in [4.69, 9.17) is 9.15 Å². The second-order valence-electron chi connectivity index (χ2n) is 10.2. The molecule has 2 N–H and O–H groups in total. The van der Waals surface area contributed by atoms with Gasteiger partial charge < -0.3 is 24.1 Å². The van der Waals surface area contributed by atoms with E-state index in [-0.39, 0.29) is 17.3 Å². The van der Waals surface area contributed by atoms with Crippen LogP contribution in [-0.4, -0.2) is 48.0 Å². The summed E-state index contributed by atoms with van der Waals surface area (Å²) in [6, 6.07) is 17.3. The predicted molar refractivity (Wildman–Crippen MR) is 153 cm³/mol. The highest BCUT2D eigenvalue weighted by molar-refractivity contribution is 6.20. The number of fused-ring (bicyclic) bond motifs is 2. The molecule has 0 radical (unpaired) electrons. The van der Waals surface area contributed by atoms with Crippen LogP contribution in [0, 0.1) is 13.8 Å². The number of carbonyl (C=O) groups is 2. The van der Waals surface area contributed by atoms with Gasteiger partial charge in [0.2, 0.25) is 11.7 Å². The Morgan fingerprint density at radius 1 is 1.07 bits per heavy atom. The van der Waals surface area contributed by atoms with Crippen molar-refractivity contribution in [1.82, 2.24) is 9.97 Å². The van der Waals surface area contributed by atoms with E-state index < -0.39 is 23.5 Å². The lowest BCUT2D eigenvalue weighted by molar-refractivity contribution is -0.117. The Hall–Kier alpha value is -5.05. The van der Waals surface area contributed by atoms with E-state index >= 15 is 0 Å². The lowest BCUT2D eigenvalue weighted by Crippen LogP contribution is -2.32. The van der Waals surface area contributed by atoms with Crippen LogP contribution in [-0.2, 0) is 4.79 Å². The van der Waals surface area contributed by atoms with Crippen molar-refractivity contribution < 1.29 is 23.8 Å². The molecule has 6 rings (SSSR count). The normalized spacial score (nSPS) is 15.5. The van der Waals surface area contributed by atoms with Crippen LogP contribution < -0.4 is 14.5 Å². The maximum atomic E-state index is 14.0. The number of benzene rings is 3. The molecule has 3 aromatic carbocycles. The number of ketones is 1. The third-order valence-corrected chi connectivity index (χ3v) is 7.44. The minimum Gasteiger partial charge on any atom is -0.503 e. The number of aromatic amines is 1. The van der Waals surface area contributed by atoms with Gasteiger partial charge in [-0.1, -0.05) is 24.3 Å². The summed E-state index contributed by atoms with van der Waals surface area (Å²) >= 11 is 0. The molecule has 5 aromatic rings. The van der Waals surface area contributed by atoms with Gasteiger partial charge in [-0.2, -0.15) is 0 Å². The van der Waals surface area contributed by atoms with E-state index in [1.165, 1.54) is 12.0 Å². The van der Waals surface area contributed by atoms with Gasteiger partial charge in [0.1, 0.15) is 0 Å². The quantitative estimate of drug-likeness (QED) is 0.265. The minimum atomic E-state index is -0.950. The van der Waals surface area contributed by atoms with Crippen molar-refractivity contribution >= 4 is 45.3 Å². The van der Waals surface area contributed by atoms with E-state index in [1.54, 1.807) is 24.3 Å². The van der Waals surface area contributed by atoms with Gasteiger partial charge in [-0.3, -0.25) is 14.5 Å². The van der Waals surface area contributed by atoms with E-state index in [0.29, 0.717) is 27.8 Å². The van der Waals surface area contributed by atoms with E-state index in [0.717, 1.165) is 22.3 Å². The number of hydrogen-bond donors (Lipinski definition) is 2. The fourth-order valence-electron chi connectivity index (χ4n) is 5.14. The number of carbonyl (C=O) groups excluding carboxylic acids is 2. The van der Waals surface area contributed by atoms with E-state index in [9.17, 15) is 14.7 Å². The Morgan fingerprint density at radius 2 is 1.80 bits per heavy atom. The fourth-order valence-corrected chi connectivity index (χ4v) is 5.14. The summed E-state index contributed by atoms with van der Waals surface area (Å²) in [5.74, 6) is -1.29. The molecule has 1 amide bonds. The summed E-state index contributed by atoms with van der Waals surface area (Å²) in [6.45, 7) is 3.99. The summed E-state index contributed by atoms with van der Waals surface area (Å²) < 4.78 is 11.3. The highest BCUT2D eigenvalue weighted by Crippen LogP contribution is 2.42. The molecule has 0 fully saturated rings. The predicted octanol–water partition coefficient (Wildman–Crippen LogP) is 5.78. The molecule has 1 aliphatic heterocycles. The molecule has 1 aliphatic rings. The van der Waals surface area contributed by atoms with Crippen LogP contribution in [0.1, 0.15) is 33.3 Å². The first-order valence-electron chi connectivity index (χ1n) is 12.8. The van der Waals surface area contributed by atoms with Gasteiger partial charge in [0.05, 0.1) is 29.8 Å². The van der Waals surface area contributed by atoms with Crippen molar-refractivity contribution in [2.24, 2.45) is 0 Å². The van der Waals surface area contributed by atoms with Crippen LogP contribution in [0.25, 0.3) is 22.0 Å². The smallest absolute Gasteiger partial charge is 0.296 e. The summed E-state index contributed by atoms with van der Waals surface area (Å²) in [6.07, 6.45) is 0. The molecule has 0 spiro atoms. The highest BCUT2D eigenvalue weighted by atomic mass is 16.5. The molecule has 2 aromatic heterocycles. The maximum Gasteiger partial charge on any atom is 0.296 e. The number of amides is 1. The standard InChI is InChI=1S/C31H28N4O5/c1-16-13-21-22(14-17(16)2)33-31(32-21)35-26(18-9-11-20(12-10-18)34(3)4)25(28(37)30(35)38)27(36)24-15-19-7-6-8-23(39-5)29(19)40-24/h6-15,26,37H,1-5H3,(H,32,33). The molecule has 40 heavy (non-hydrogen) atoms. The first-order chi connectivity index (χ1) is 19.2. The zero-order chi connectivity index (χ0) is 28.3. The SMILES string of the molecule is COc1cccc2cc(C(=O)C3=C(O)C(=O)N(c4nc5cc(C)c(C)cc5[nH]4)C3c3ccc(N(C)C)cc3)oc12. The average Bonchev–Trinajstić information content (AvgIpc) is 3.62. The largest absolute Gasteiger partial charge is 0.503 e. The van der Waals surface area contributed by atoms with Crippen molar-refractivity contribution in [3.63, 3.8) is 0 Å². The number of para-hydroxylation sites is 1. The molecular formula is C31H28N4O5. The third-order valence-electron chi connectivity index (χ3n) is 7.44. The monoisotopic (exact) mass is 536 g/mol. The van der Waals surface area contributed by atoms with E-state index in [1.807, 2.05) is 69.2 Å². The second kappa shape index (κ2) is 9.30. The number of anilines is 2. The zero-order valence-electron chi connectivity index (χ0n) is 22.8. The number of aliphatic hydroxyl groups is 1. The number of rotatable bonds is 6. The third kappa shape index (κ3) is 3.89. The average molecular weight is 537 g/mol. The number of Topliss-reactive ketones (excluding diaryl/α,β-unsaturated/α-hetero) is 1. The van der Waals surface area contributed by atoms with Gasteiger partial charge in [0.25, 0.3) is 5.91 Å². The summed E-state index contributed by atoms with van der Waals surface area (Å²) in [4.78, 5) is 38.8. The van der Waals surface area contributed by atoms with E-state index in [2.05, 4.69) is 9.97 Å². The number of aromatic nitrogens is 2. The van der Waals surface area contributed by atoms with Gasteiger partial charge in [-0.15, -0.1) is 0 Å². The first kappa shape index (κ1) is 25.2. The Balaban J connectivity index is 1.51. The van der Waals surface area contributed by atoms with Gasteiger partial charge >= 0.3 is 0 Å². The number of H-pyrrole nitrogens is 1. The number of nitrogens with zero attached hydrogens (tertiary/aromatic N) is 3. The molecule has 1 atom stereocenters. The molecule has 0 saturated carbocycles. The van der Waals surface area contributed by atoms with Crippen LogP contribution in [0.15, 0.2) is 76.4 Å². The number of imidazole rings is 1. The number of methoxy groups -OCH3 is 1. The number of nitrogens with one attached hydrogen (secondary N) is 1. The molecule has 9 nitrogen and oxygen atoms in total. The van der Waals surface area contributed by atoms with Gasteiger partial charge in [-0.25, -0.2) is 4.98 Å². The maximum absolute atomic E-state index is 14.0. The first-order valence-corrected chi connectivity index (χ1v) is 12.8. The Bertz CT molecular complexity index is 1810. The topological polar surface area (TPSA) is 112 Å². The zero-order valence-corrected chi connectivity index (χ0v) is 22.8.